The first kappa shape index (κ1) is 16.0. The quantitative estimate of drug-likeness (QED) is 0.737. The lowest BCUT2D eigenvalue weighted by Gasteiger charge is -2.20. The van der Waals surface area contributed by atoms with E-state index in [-0.39, 0.29) is 12.0 Å². The van der Waals surface area contributed by atoms with Crippen LogP contribution >= 0.6 is 0 Å². The van der Waals surface area contributed by atoms with Gasteiger partial charge in [0.05, 0.1) is 26.3 Å². The molecule has 1 aromatic rings. The molecule has 3 N–H and O–H groups in total. The van der Waals surface area contributed by atoms with Crippen molar-refractivity contribution < 1.29 is 15.2 Å². The van der Waals surface area contributed by atoms with E-state index in [9.17, 15) is 0 Å². The van der Waals surface area contributed by atoms with Gasteiger partial charge in [-0.1, -0.05) is 32.9 Å². The summed E-state index contributed by atoms with van der Waals surface area (Å²) in [4.78, 5) is 0. The summed E-state index contributed by atoms with van der Waals surface area (Å²) in [7, 11) is 0. The highest BCUT2D eigenvalue weighted by molar-refractivity contribution is 5.38. The van der Waals surface area contributed by atoms with Crippen molar-refractivity contribution in [2.45, 2.75) is 39.5 Å². The molecule has 0 amide bonds. The van der Waals surface area contributed by atoms with Crippen LogP contribution in [0.5, 0.6) is 5.75 Å². The minimum absolute atomic E-state index is 0.183. The smallest absolute Gasteiger partial charge is 0.122 e. The number of benzene rings is 1. The van der Waals surface area contributed by atoms with E-state index < -0.39 is 0 Å². The van der Waals surface area contributed by atoms with Crippen LogP contribution in [-0.2, 0) is 5.41 Å². The summed E-state index contributed by atoms with van der Waals surface area (Å²) in [5, 5.41) is 10.8. The molecule has 0 atom stereocenters. The molecule has 0 fully saturated rings. The third-order valence-electron chi connectivity index (χ3n) is 3.18. The zero-order chi connectivity index (χ0) is 14.3. The van der Waals surface area contributed by atoms with Crippen molar-refractivity contribution in [3.05, 3.63) is 29.3 Å². The van der Waals surface area contributed by atoms with Crippen LogP contribution in [0.1, 0.15) is 38.3 Å². The maximum absolute atomic E-state index is 8.67. The first-order chi connectivity index (χ1) is 8.95. The monoisotopic (exact) mass is 266 g/mol. The number of aliphatic hydroxyl groups is 1. The minimum atomic E-state index is 0.183. The lowest BCUT2D eigenvalue weighted by Crippen LogP contribution is -2.85. The summed E-state index contributed by atoms with van der Waals surface area (Å²) < 4.78 is 5.80. The zero-order valence-corrected chi connectivity index (χ0v) is 12.7. The van der Waals surface area contributed by atoms with E-state index in [0.29, 0.717) is 0 Å². The van der Waals surface area contributed by atoms with Crippen LogP contribution in [0, 0.1) is 6.92 Å². The number of ether oxygens (including phenoxy) is 1. The molecule has 0 aliphatic rings. The number of aliphatic hydroxyl groups excluding tert-OH is 1. The molecule has 0 bridgehead atoms. The number of hydrogen-bond acceptors (Lipinski definition) is 2. The fraction of sp³-hybridized carbons (Fsp3) is 0.625. The highest BCUT2D eigenvalue weighted by Gasteiger charge is 2.14. The van der Waals surface area contributed by atoms with Crippen LogP contribution in [0.3, 0.4) is 0 Å². The van der Waals surface area contributed by atoms with Crippen molar-refractivity contribution in [3.8, 4) is 5.75 Å². The average molecular weight is 266 g/mol. The fourth-order valence-electron chi connectivity index (χ4n) is 1.92. The molecule has 0 unspecified atom stereocenters. The Morgan fingerprint density at radius 2 is 1.95 bits per heavy atom. The Morgan fingerprint density at radius 3 is 2.53 bits per heavy atom. The van der Waals surface area contributed by atoms with Gasteiger partial charge in [0.2, 0.25) is 0 Å². The van der Waals surface area contributed by atoms with E-state index in [1.54, 1.807) is 0 Å². The molecular weight excluding hydrogens is 238 g/mol. The lowest BCUT2D eigenvalue weighted by molar-refractivity contribution is -0.656. The standard InChI is InChI=1S/C16H27NO2/c1-13-12-14(16(2,3)4)6-7-15(13)19-11-5-8-17-9-10-18/h6-7,12,17-18H,5,8-11H2,1-4H3/p+1. The van der Waals surface area contributed by atoms with Crippen molar-refractivity contribution in [1.29, 1.82) is 0 Å². The second-order valence-electron chi connectivity index (χ2n) is 6.02. The van der Waals surface area contributed by atoms with E-state index in [0.717, 1.165) is 31.9 Å². The number of hydrogen-bond donors (Lipinski definition) is 2. The molecule has 0 aliphatic heterocycles. The van der Waals surface area contributed by atoms with Gasteiger partial charge in [-0.3, -0.25) is 0 Å². The number of quaternary nitrogens is 1. The fourth-order valence-corrected chi connectivity index (χ4v) is 1.92. The van der Waals surface area contributed by atoms with Gasteiger partial charge in [-0.05, 0) is 29.5 Å². The third kappa shape index (κ3) is 5.62. The normalized spacial score (nSPS) is 11.6. The number of aryl methyl sites for hydroxylation is 1. The Hall–Kier alpha value is -1.06. The third-order valence-corrected chi connectivity index (χ3v) is 3.18. The molecule has 1 rings (SSSR count). The Bertz CT molecular complexity index is 383. The molecular formula is C16H28NO2+. The summed E-state index contributed by atoms with van der Waals surface area (Å²) >= 11 is 0. The largest absolute Gasteiger partial charge is 0.493 e. The number of nitrogens with two attached hydrogens (primary N) is 1. The molecule has 0 saturated carbocycles. The average Bonchev–Trinajstić information content (AvgIpc) is 2.34. The van der Waals surface area contributed by atoms with E-state index >= 15 is 0 Å². The van der Waals surface area contributed by atoms with Gasteiger partial charge in [-0.15, -0.1) is 0 Å². The van der Waals surface area contributed by atoms with Crippen molar-refractivity contribution >= 4 is 0 Å². The minimum Gasteiger partial charge on any atom is -0.493 e. The summed E-state index contributed by atoms with van der Waals surface area (Å²) in [6, 6.07) is 6.45. The molecule has 1 aromatic carbocycles. The Morgan fingerprint density at radius 1 is 1.21 bits per heavy atom. The summed E-state index contributed by atoms with van der Waals surface area (Å²) in [6.45, 7) is 11.5. The molecule has 3 nitrogen and oxygen atoms in total. The zero-order valence-electron chi connectivity index (χ0n) is 12.7. The van der Waals surface area contributed by atoms with Crippen molar-refractivity contribution in [3.63, 3.8) is 0 Å². The van der Waals surface area contributed by atoms with Crippen LogP contribution in [0.4, 0.5) is 0 Å². The highest BCUT2D eigenvalue weighted by atomic mass is 16.5. The first-order valence-corrected chi connectivity index (χ1v) is 7.11. The van der Waals surface area contributed by atoms with E-state index in [1.807, 2.05) is 0 Å². The van der Waals surface area contributed by atoms with Gasteiger partial charge in [0.1, 0.15) is 5.75 Å². The van der Waals surface area contributed by atoms with Gasteiger partial charge < -0.3 is 15.2 Å². The van der Waals surface area contributed by atoms with Crippen molar-refractivity contribution in [1.82, 2.24) is 0 Å². The molecule has 0 aromatic heterocycles. The molecule has 108 valence electrons. The molecule has 0 spiro atoms. The van der Waals surface area contributed by atoms with Crippen molar-refractivity contribution in [2.75, 3.05) is 26.3 Å². The summed E-state index contributed by atoms with van der Waals surface area (Å²) in [5.41, 5.74) is 2.73. The Labute approximate surface area is 117 Å². The maximum Gasteiger partial charge on any atom is 0.122 e. The lowest BCUT2D eigenvalue weighted by atomic mass is 9.86. The molecule has 0 aliphatic carbocycles. The van der Waals surface area contributed by atoms with Gasteiger partial charge in [-0.2, -0.15) is 0 Å². The van der Waals surface area contributed by atoms with Gasteiger partial charge in [0, 0.05) is 6.42 Å². The SMILES string of the molecule is Cc1cc(C(C)(C)C)ccc1OCCC[NH2+]CCO. The van der Waals surface area contributed by atoms with Crippen molar-refractivity contribution in [2.24, 2.45) is 0 Å². The van der Waals surface area contributed by atoms with Gasteiger partial charge >= 0.3 is 0 Å². The van der Waals surface area contributed by atoms with Crippen LogP contribution < -0.4 is 10.1 Å². The van der Waals surface area contributed by atoms with E-state index in [4.69, 9.17) is 9.84 Å². The van der Waals surface area contributed by atoms with E-state index in [2.05, 4.69) is 51.2 Å². The van der Waals surface area contributed by atoms with Crippen LogP contribution in [-0.4, -0.2) is 31.4 Å². The van der Waals surface area contributed by atoms with E-state index in [1.165, 1.54) is 11.1 Å². The van der Waals surface area contributed by atoms with Crippen LogP contribution in [0.15, 0.2) is 18.2 Å². The Kier molecular flexibility index (Phi) is 6.32. The summed E-state index contributed by atoms with van der Waals surface area (Å²) in [5.74, 6) is 0.982. The van der Waals surface area contributed by atoms with Crippen LogP contribution in [0.25, 0.3) is 0 Å². The molecule has 0 heterocycles. The first-order valence-electron chi connectivity index (χ1n) is 7.11. The van der Waals surface area contributed by atoms with Gasteiger partial charge in [0.15, 0.2) is 0 Å². The Balaban J connectivity index is 2.43. The number of rotatable bonds is 7. The maximum atomic E-state index is 8.67. The van der Waals surface area contributed by atoms with Gasteiger partial charge in [0.25, 0.3) is 0 Å². The predicted octanol–water partition coefficient (Wildman–Crippen LogP) is 1.62. The molecule has 19 heavy (non-hydrogen) atoms. The second kappa shape index (κ2) is 7.51. The van der Waals surface area contributed by atoms with Crippen LogP contribution in [0.2, 0.25) is 0 Å². The van der Waals surface area contributed by atoms with Gasteiger partial charge in [-0.25, -0.2) is 0 Å². The highest BCUT2D eigenvalue weighted by Crippen LogP contribution is 2.27. The molecule has 0 saturated heterocycles. The summed E-state index contributed by atoms with van der Waals surface area (Å²) in [6.07, 6.45) is 1.00. The molecule has 3 heteroatoms. The second-order valence-corrected chi connectivity index (χ2v) is 6.02. The topological polar surface area (TPSA) is 46.1 Å². The predicted molar refractivity (Wildman–Crippen MR) is 78.7 cm³/mol. The molecule has 0 radical (unpaired) electrons.